The van der Waals surface area contributed by atoms with E-state index in [-0.39, 0.29) is 11.9 Å². The van der Waals surface area contributed by atoms with Crippen molar-refractivity contribution < 1.29 is 4.79 Å². The van der Waals surface area contributed by atoms with Gasteiger partial charge < -0.3 is 4.90 Å². The van der Waals surface area contributed by atoms with Crippen LogP contribution in [0, 0.1) is 5.92 Å². The van der Waals surface area contributed by atoms with Crippen LogP contribution in [0.5, 0.6) is 0 Å². The minimum absolute atomic E-state index is 0.0521. The molecule has 1 saturated carbocycles. The molecule has 108 valence electrons. The maximum absolute atomic E-state index is 12.9. The molecule has 0 bridgehead atoms. The summed E-state index contributed by atoms with van der Waals surface area (Å²) in [5.74, 6) is 0.682. The van der Waals surface area contributed by atoms with Crippen molar-refractivity contribution in [3.8, 4) is 0 Å². The molecule has 3 nitrogen and oxygen atoms in total. The Bertz CT molecular complexity index is 695. The summed E-state index contributed by atoms with van der Waals surface area (Å²) in [4.78, 5) is 20.7. The Labute approximate surface area is 136 Å². The van der Waals surface area contributed by atoms with Crippen LogP contribution >= 0.6 is 27.3 Å². The molecule has 2 aliphatic rings. The molecule has 1 amide bonds. The summed E-state index contributed by atoms with van der Waals surface area (Å²) in [6, 6.07) is 6.18. The van der Waals surface area contributed by atoms with E-state index in [1.54, 1.807) is 6.20 Å². The summed E-state index contributed by atoms with van der Waals surface area (Å²) >= 11 is 5.28. The molecule has 0 N–H and O–H groups in total. The number of carbonyl (C=O) groups excluding carboxylic acids is 1. The molecule has 3 heterocycles. The van der Waals surface area contributed by atoms with Gasteiger partial charge in [0.1, 0.15) is 5.69 Å². The van der Waals surface area contributed by atoms with Gasteiger partial charge in [-0.15, -0.1) is 11.3 Å². The van der Waals surface area contributed by atoms with E-state index in [0.717, 1.165) is 17.4 Å². The first-order chi connectivity index (χ1) is 10.3. The van der Waals surface area contributed by atoms with Gasteiger partial charge in [0, 0.05) is 22.1 Å². The lowest BCUT2D eigenvalue weighted by Gasteiger charge is -2.36. The zero-order valence-corrected chi connectivity index (χ0v) is 13.9. The van der Waals surface area contributed by atoms with Gasteiger partial charge in [0.25, 0.3) is 5.91 Å². The molecule has 1 aliphatic heterocycles. The molecule has 21 heavy (non-hydrogen) atoms. The summed E-state index contributed by atoms with van der Waals surface area (Å²) in [6.45, 7) is 0.802. The molecule has 4 rings (SSSR count). The third kappa shape index (κ3) is 2.32. The quantitative estimate of drug-likeness (QED) is 0.806. The molecule has 0 spiro atoms. The van der Waals surface area contributed by atoms with E-state index in [4.69, 9.17) is 0 Å². The van der Waals surface area contributed by atoms with E-state index in [2.05, 4.69) is 32.4 Å². The van der Waals surface area contributed by atoms with Gasteiger partial charge in [0.15, 0.2) is 0 Å². The van der Waals surface area contributed by atoms with Gasteiger partial charge in [-0.2, -0.15) is 0 Å². The first-order valence-corrected chi connectivity index (χ1v) is 8.90. The van der Waals surface area contributed by atoms with Crippen molar-refractivity contribution in [2.75, 3.05) is 6.54 Å². The smallest absolute Gasteiger partial charge is 0.274 e. The predicted octanol–water partition coefficient (Wildman–Crippen LogP) is 4.06. The van der Waals surface area contributed by atoms with E-state index < -0.39 is 0 Å². The van der Waals surface area contributed by atoms with Gasteiger partial charge in [0.05, 0.1) is 6.04 Å². The number of aromatic nitrogens is 1. The molecule has 0 aromatic carbocycles. The molecule has 2 aromatic rings. The number of carbonyl (C=O) groups is 1. The molecule has 5 heteroatoms. The fourth-order valence-electron chi connectivity index (χ4n) is 3.17. The second kappa shape index (κ2) is 5.21. The highest BCUT2D eigenvalue weighted by Gasteiger charge is 2.42. The van der Waals surface area contributed by atoms with Crippen LogP contribution < -0.4 is 0 Å². The van der Waals surface area contributed by atoms with Crippen molar-refractivity contribution in [2.24, 2.45) is 5.92 Å². The summed E-state index contributed by atoms with van der Waals surface area (Å²) < 4.78 is 0.778. The number of amides is 1. The molecule has 1 atom stereocenters. The largest absolute Gasteiger partial charge is 0.330 e. The van der Waals surface area contributed by atoms with Crippen molar-refractivity contribution in [2.45, 2.75) is 25.3 Å². The summed E-state index contributed by atoms with van der Waals surface area (Å²) in [6.07, 6.45) is 5.11. The van der Waals surface area contributed by atoms with Crippen molar-refractivity contribution in [1.29, 1.82) is 0 Å². The van der Waals surface area contributed by atoms with Gasteiger partial charge in [-0.25, -0.2) is 4.98 Å². The van der Waals surface area contributed by atoms with Gasteiger partial charge in [-0.3, -0.25) is 4.79 Å². The maximum atomic E-state index is 12.9. The molecule has 0 radical (unpaired) electrons. The highest BCUT2D eigenvalue weighted by atomic mass is 79.9. The minimum atomic E-state index is 0.0521. The number of fused-ring (bicyclic) bond motifs is 1. The molecular formula is C16H15BrN2OS. The van der Waals surface area contributed by atoms with Gasteiger partial charge in [0.2, 0.25) is 0 Å². The second-order valence-corrected chi connectivity index (χ2v) is 7.52. The number of rotatable bonds is 2. The first-order valence-electron chi connectivity index (χ1n) is 7.23. The summed E-state index contributed by atoms with van der Waals surface area (Å²) in [5, 5.41) is 2.16. The molecule has 1 fully saturated rings. The Balaban J connectivity index is 1.71. The number of hydrogen-bond donors (Lipinski definition) is 0. The number of halogens is 1. The number of hydrogen-bond acceptors (Lipinski definition) is 3. The average Bonchev–Trinajstić information content (AvgIpc) is 3.22. The van der Waals surface area contributed by atoms with Crippen LogP contribution in [0.4, 0.5) is 0 Å². The van der Waals surface area contributed by atoms with Gasteiger partial charge >= 0.3 is 0 Å². The van der Waals surface area contributed by atoms with E-state index in [9.17, 15) is 4.79 Å². The maximum Gasteiger partial charge on any atom is 0.274 e. The number of thiophene rings is 1. The molecule has 1 unspecified atom stereocenters. The van der Waals surface area contributed by atoms with Crippen LogP contribution in [0.2, 0.25) is 0 Å². The van der Waals surface area contributed by atoms with E-state index in [1.165, 1.54) is 23.3 Å². The van der Waals surface area contributed by atoms with E-state index in [1.807, 2.05) is 28.4 Å². The Hall–Kier alpha value is -1.20. The predicted molar refractivity (Wildman–Crippen MR) is 86.5 cm³/mol. The van der Waals surface area contributed by atoms with Gasteiger partial charge in [-0.05, 0) is 70.3 Å². The Kier molecular flexibility index (Phi) is 3.34. The van der Waals surface area contributed by atoms with Crippen LogP contribution in [-0.4, -0.2) is 22.3 Å². The Morgan fingerprint density at radius 3 is 3.00 bits per heavy atom. The lowest BCUT2D eigenvalue weighted by atomic mass is 9.95. The van der Waals surface area contributed by atoms with Crippen molar-refractivity contribution in [1.82, 2.24) is 9.88 Å². The molecular weight excluding hydrogens is 348 g/mol. The van der Waals surface area contributed by atoms with Crippen molar-refractivity contribution in [3.05, 3.63) is 50.4 Å². The topological polar surface area (TPSA) is 33.2 Å². The lowest BCUT2D eigenvalue weighted by molar-refractivity contribution is 0.0630. The molecule has 1 aliphatic carbocycles. The van der Waals surface area contributed by atoms with E-state index >= 15 is 0 Å². The van der Waals surface area contributed by atoms with Crippen LogP contribution in [0.25, 0.3) is 0 Å². The Morgan fingerprint density at radius 1 is 1.38 bits per heavy atom. The normalized spacial score (nSPS) is 21.2. The van der Waals surface area contributed by atoms with Crippen LogP contribution in [0.3, 0.4) is 0 Å². The van der Waals surface area contributed by atoms with Crippen LogP contribution in [-0.2, 0) is 6.42 Å². The van der Waals surface area contributed by atoms with E-state index in [0.29, 0.717) is 11.6 Å². The number of nitrogens with zero attached hydrogens (tertiary/aromatic N) is 2. The fraction of sp³-hybridized carbons (Fsp3) is 0.375. The zero-order chi connectivity index (χ0) is 14.4. The van der Waals surface area contributed by atoms with Crippen molar-refractivity contribution in [3.63, 3.8) is 0 Å². The minimum Gasteiger partial charge on any atom is -0.330 e. The fourth-order valence-corrected chi connectivity index (χ4v) is 4.51. The third-order valence-electron chi connectivity index (χ3n) is 4.30. The monoisotopic (exact) mass is 362 g/mol. The third-order valence-corrected chi connectivity index (χ3v) is 5.94. The summed E-state index contributed by atoms with van der Waals surface area (Å²) in [7, 11) is 0. The first kappa shape index (κ1) is 13.5. The highest BCUT2D eigenvalue weighted by Crippen LogP contribution is 2.48. The summed E-state index contributed by atoms with van der Waals surface area (Å²) in [5.41, 5.74) is 1.90. The zero-order valence-electron chi connectivity index (χ0n) is 11.5. The Morgan fingerprint density at radius 2 is 2.24 bits per heavy atom. The average molecular weight is 363 g/mol. The molecule has 2 aromatic heterocycles. The van der Waals surface area contributed by atoms with Gasteiger partial charge in [-0.1, -0.05) is 0 Å². The number of pyridine rings is 1. The van der Waals surface area contributed by atoms with Crippen LogP contribution in [0.15, 0.2) is 34.2 Å². The SMILES string of the molecule is O=C(c1ncccc1Br)N1CCc2sccc2C1C1CC1. The highest BCUT2D eigenvalue weighted by molar-refractivity contribution is 9.10. The lowest BCUT2D eigenvalue weighted by Crippen LogP contribution is -2.41. The second-order valence-electron chi connectivity index (χ2n) is 5.66. The molecule has 0 saturated heterocycles. The standard InChI is InChI=1S/C16H15BrN2OS/c17-12-2-1-7-18-14(12)16(20)19-8-5-13-11(6-9-21-13)15(19)10-3-4-10/h1-2,6-7,9-10,15H,3-5,8H2. The van der Waals surface area contributed by atoms with Crippen molar-refractivity contribution >= 4 is 33.2 Å². The van der Waals surface area contributed by atoms with Crippen LogP contribution in [0.1, 0.15) is 39.8 Å².